The largest absolute Gasteiger partial charge is 0.198 e. The quantitative estimate of drug-likeness (QED) is 0.562. The van der Waals surface area contributed by atoms with Gasteiger partial charge in [-0.15, -0.1) is 0 Å². The van der Waals surface area contributed by atoms with E-state index in [-0.39, 0.29) is 11.8 Å². The third-order valence-corrected chi connectivity index (χ3v) is 4.36. The van der Waals surface area contributed by atoms with Gasteiger partial charge in [-0.2, -0.15) is 20.8 Å². The zero-order valence-corrected chi connectivity index (χ0v) is 15.7. The molecule has 2 rings (SSSR count). The van der Waals surface area contributed by atoms with Crippen LogP contribution in [0.4, 0.5) is 0 Å². The normalized spacial score (nSPS) is 13.1. The molecule has 26 heavy (non-hydrogen) atoms. The molecule has 0 saturated carbocycles. The first-order valence-electron chi connectivity index (χ1n) is 8.22. The summed E-state index contributed by atoms with van der Waals surface area (Å²) in [6.45, 7) is 0.635. The van der Waals surface area contributed by atoms with Gasteiger partial charge in [-0.1, -0.05) is 47.5 Å². The molecule has 0 amide bonds. The lowest BCUT2D eigenvalue weighted by atomic mass is 10.0. The van der Waals surface area contributed by atoms with Gasteiger partial charge in [-0.25, -0.2) is 0 Å². The van der Waals surface area contributed by atoms with Crippen molar-refractivity contribution in [2.45, 2.75) is 12.8 Å². The second-order valence-electron chi connectivity index (χ2n) is 5.96. The lowest BCUT2D eigenvalue weighted by Crippen LogP contribution is -2.08. The summed E-state index contributed by atoms with van der Waals surface area (Å²) in [6, 6.07) is 19.3. The highest BCUT2D eigenvalue weighted by molar-refractivity contribution is 6.30. The Balaban J connectivity index is 1.81. The Kier molecular flexibility index (Phi) is 8.09. The minimum Gasteiger partial charge on any atom is -0.198 e. The van der Waals surface area contributed by atoms with Gasteiger partial charge in [0.2, 0.25) is 0 Å². The summed E-state index contributed by atoms with van der Waals surface area (Å²) in [7, 11) is 0. The molecule has 0 spiro atoms. The van der Waals surface area contributed by atoms with Crippen molar-refractivity contribution in [1.82, 2.24) is 0 Å². The molecule has 0 aliphatic carbocycles. The fraction of sp³-hybridized carbons (Fsp3) is 0.300. The highest BCUT2D eigenvalue weighted by atomic mass is 35.5. The van der Waals surface area contributed by atoms with Gasteiger partial charge in [0.25, 0.3) is 0 Å². The molecule has 6 heteroatoms. The van der Waals surface area contributed by atoms with E-state index in [0.717, 1.165) is 11.1 Å². The first-order chi connectivity index (χ1) is 12.6. The standard InChI is InChI=1S/C20H18Cl2N4/c21-19-5-1-15(2-6-19)9-17(11-23)13-25-26-14-18(12-24)10-16-3-7-20(22)8-4-16/h1-8,17-18H,9-10,13-14H2. The van der Waals surface area contributed by atoms with Crippen LogP contribution >= 0.6 is 23.2 Å². The van der Waals surface area contributed by atoms with Crippen molar-refractivity contribution in [2.24, 2.45) is 22.1 Å². The summed E-state index contributed by atoms with van der Waals surface area (Å²) in [5, 5.41) is 28.1. The number of rotatable bonds is 8. The summed E-state index contributed by atoms with van der Waals surface area (Å²) in [5.41, 5.74) is 2.07. The molecule has 2 unspecified atom stereocenters. The van der Waals surface area contributed by atoms with E-state index < -0.39 is 0 Å². The van der Waals surface area contributed by atoms with Crippen LogP contribution in [0.1, 0.15) is 11.1 Å². The number of nitriles is 2. The molecular formula is C20H18Cl2N4. The minimum absolute atomic E-state index is 0.253. The van der Waals surface area contributed by atoms with Gasteiger partial charge >= 0.3 is 0 Å². The predicted molar refractivity (Wildman–Crippen MR) is 103 cm³/mol. The van der Waals surface area contributed by atoms with Crippen LogP contribution in [0.15, 0.2) is 58.8 Å². The highest BCUT2D eigenvalue weighted by Gasteiger charge is 2.10. The van der Waals surface area contributed by atoms with E-state index in [9.17, 15) is 10.5 Å². The SMILES string of the molecule is N#CC(CN=NCC(C#N)Cc1ccc(Cl)cc1)Cc1ccc(Cl)cc1. The monoisotopic (exact) mass is 384 g/mol. The molecule has 0 fully saturated rings. The van der Waals surface area contributed by atoms with Crippen LogP contribution in [-0.4, -0.2) is 13.1 Å². The number of hydrogen-bond acceptors (Lipinski definition) is 4. The molecule has 0 aliphatic heterocycles. The summed E-state index contributed by atoms with van der Waals surface area (Å²) in [4.78, 5) is 0. The number of azo groups is 1. The Morgan fingerprint density at radius 1 is 0.692 bits per heavy atom. The molecule has 0 bridgehead atoms. The van der Waals surface area contributed by atoms with Crippen LogP contribution in [0.2, 0.25) is 10.0 Å². The van der Waals surface area contributed by atoms with Crippen LogP contribution in [0.3, 0.4) is 0 Å². The number of halogens is 2. The Morgan fingerprint density at radius 3 is 1.35 bits per heavy atom. The molecule has 0 aliphatic rings. The van der Waals surface area contributed by atoms with Gasteiger partial charge in [-0.05, 0) is 48.2 Å². The summed E-state index contributed by atoms with van der Waals surface area (Å²) < 4.78 is 0. The molecule has 2 atom stereocenters. The molecule has 0 N–H and O–H groups in total. The van der Waals surface area contributed by atoms with Crippen LogP contribution in [0, 0.1) is 34.5 Å². The van der Waals surface area contributed by atoms with Crippen molar-refractivity contribution in [2.75, 3.05) is 13.1 Å². The topological polar surface area (TPSA) is 72.3 Å². The lowest BCUT2D eigenvalue weighted by molar-refractivity contribution is 0.609. The second-order valence-corrected chi connectivity index (χ2v) is 6.83. The van der Waals surface area contributed by atoms with E-state index >= 15 is 0 Å². The fourth-order valence-corrected chi connectivity index (χ4v) is 2.68. The molecule has 2 aromatic carbocycles. The second kappa shape index (κ2) is 10.6. The van der Waals surface area contributed by atoms with Gasteiger partial charge < -0.3 is 0 Å². The Hall–Kier alpha value is -2.40. The number of benzene rings is 2. The maximum atomic E-state index is 9.27. The van der Waals surface area contributed by atoms with Crippen LogP contribution in [0.25, 0.3) is 0 Å². The van der Waals surface area contributed by atoms with Gasteiger partial charge in [0, 0.05) is 10.0 Å². The van der Waals surface area contributed by atoms with Crippen molar-refractivity contribution in [3.05, 3.63) is 69.7 Å². The molecule has 0 saturated heterocycles. The molecule has 132 valence electrons. The molecule has 4 nitrogen and oxygen atoms in total. The maximum absolute atomic E-state index is 9.27. The number of hydrogen-bond donors (Lipinski definition) is 0. The van der Waals surface area contributed by atoms with E-state index in [1.165, 1.54) is 0 Å². The summed E-state index contributed by atoms with van der Waals surface area (Å²) in [5.74, 6) is -0.506. The molecule has 0 aromatic heterocycles. The minimum atomic E-state index is -0.253. The number of nitrogens with zero attached hydrogens (tertiary/aromatic N) is 4. The van der Waals surface area contributed by atoms with Crippen LogP contribution < -0.4 is 0 Å². The smallest absolute Gasteiger partial charge is 0.0760 e. The summed E-state index contributed by atoms with van der Waals surface area (Å²) >= 11 is 11.7. The van der Waals surface area contributed by atoms with Crippen LogP contribution in [0.5, 0.6) is 0 Å². The first kappa shape index (κ1) is 19.9. The molecule has 0 heterocycles. The zero-order valence-electron chi connectivity index (χ0n) is 14.1. The summed E-state index contributed by atoms with van der Waals surface area (Å²) in [6.07, 6.45) is 1.19. The Morgan fingerprint density at radius 2 is 1.04 bits per heavy atom. The highest BCUT2D eigenvalue weighted by Crippen LogP contribution is 2.15. The maximum Gasteiger partial charge on any atom is 0.0760 e. The predicted octanol–water partition coefficient (Wildman–Crippen LogP) is 5.51. The van der Waals surface area contributed by atoms with E-state index in [4.69, 9.17) is 23.2 Å². The van der Waals surface area contributed by atoms with E-state index in [2.05, 4.69) is 22.4 Å². The fourth-order valence-electron chi connectivity index (χ4n) is 2.42. The van der Waals surface area contributed by atoms with Crippen molar-refractivity contribution >= 4 is 23.2 Å². The van der Waals surface area contributed by atoms with E-state index in [1.807, 2.05) is 24.3 Å². The average Bonchev–Trinajstić information content (AvgIpc) is 2.66. The van der Waals surface area contributed by atoms with Gasteiger partial charge in [-0.3, -0.25) is 0 Å². The first-order valence-corrected chi connectivity index (χ1v) is 8.97. The molecule has 0 radical (unpaired) electrons. The van der Waals surface area contributed by atoms with E-state index in [0.29, 0.717) is 36.0 Å². The lowest BCUT2D eigenvalue weighted by Gasteiger charge is -2.07. The Labute approximate surface area is 163 Å². The van der Waals surface area contributed by atoms with Gasteiger partial charge in [0.1, 0.15) is 0 Å². The third kappa shape index (κ3) is 6.84. The Bertz CT molecular complexity index is 732. The van der Waals surface area contributed by atoms with Crippen molar-refractivity contribution in [1.29, 1.82) is 10.5 Å². The molecule has 2 aromatic rings. The van der Waals surface area contributed by atoms with Crippen molar-refractivity contribution in [3.63, 3.8) is 0 Å². The van der Waals surface area contributed by atoms with E-state index in [1.54, 1.807) is 24.3 Å². The zero-order chi connectivity index (χ0) is 18.8. The third-order valence-electron chi connectivity index (χ3n) is 3.86. The average molecular weight is 385 g/mol. The van der Waals surface area contributed by atoms with Gasteiger partial charge in [0.05, 0.1) is 37.1 Å². The molecular weight excluding hydrogens is 367 g/mol. The van der Waals surface area contributed by atoms with Crippen molar-refractivity contribution < 1.29 is 0 Å². The van der Waals surface area contributed by atoms with Crippen molar-refractivity contribution in [3.8, 4) is 12.1 Å². The van der Waals surface area contributed by atoms with Gasteiger partial charge in [0.15, 0.2) is 0 Å². The van der Waals surface area contributed by atoms with Crippen LogP contribution in [-0.2, 0) is 12.8 Å².